The summed E-state index contributed by atoms with van der Waals surface area (Å²) in [4.78, 5) is 18.7. The third kappa shape index (κ3) is 2.01. The summed E-state index contributed by atoms with van der Waals surface area (Å²) in [6.07, 6.45) is 1.28. The monoisotopic (exact) mass is 300 g/mol. The average Bonchev–Trinajstić information content (AvgIpc) is 3.02. The zero-order valence-electron chi connectivity index (χ0n) is 12.2. The standard InChI is InChI=1S/C15H16N4O3/c1-10-13(22-12-6-3-2-5-11(12)21-10)14(20)18-7-4-8-19-15(18)16-9-17-19/h2-3,5-6,9-10,13H,4,7-8H2,1H3/t10-,13-/m1/s1. The Morgan fingerprint density at radius 1 is 1.23 bits per heavy atom. The number of nitrogens with zero attached hydrogens (tertiary/aromatic N) is 4. The molecule has 0 spiro atoms. The van der Waals surface area contributed by atoms with Crippen molar-refractivity contribution in [1.82, 2.24) is 14.8 Å². The van der Waals surface area contributed by atoms with Crippen LogP contribution in [0.1, 0.15) is 13.3 Å². The summed E-state index contributed by atoms with van der Waals surface area (Å²) >= 11 is 0. The molecule has 3 heterocycles. The minimum absolute atomic E-state index is 0.143. The van der Waals surface area contributed by atoms with Crippen molar-refractivity contribution in [2.24, 2.45) is 0 Å². The number of ether oxygens (including phenoxy) is 2. The van der Waals surface area contributed by atoms with Gasteiger partial charge in [-0.05, 0) is 25.5 Å². The molecule has 1 aromatic carbocycles. The highest BCUT2D eigenvalue weighted by molar-refractivity contribution is 5.96. The molecule has 22 heavy (non-hydrogen) atoms. The molecule has 0 N–H and O–H groups in total. The molecule has 2 aliphatic heterocycles. The average molecular weight is 300 g/mol. The lowest BCUT2D eigenvalue weighted by Gasteiger charge is -2.35. The fourth-order valence-electron chi connectivity index (χ4n) is 2.86. The van der Waals surface area contributed by atoms with Crippen LogP contribution in [0.15, 0.2) is 30.6 Å². The van der Waals surface area contributed by atoms with Crippen molar-refractivity contribution in [2.45, 2.75) is 32.1 Å². The fraction of sp³-hybridized carbons (Fsp3) is 0.400. The van der Waals surface area contributed by atoms with E-state index in [4.69, 9.17) is 9.47 Å². The molecule has 1 amide bonds. The maximum absolute atomic E-state index is 12.9. The summed E-state index contributed by atoms with van der Waals surface area (Å²) in [6.45, 7) is 3.23. The SMILES string of the molecule is C[C@H]1Oc2ccccc2O[C@H]1C(=O)N1CCCn2ncnc21. The van der Waals surface area contributed by atoms with Crippen LogP contribution >= 0.6 is 0 Å². The van der Waals surface area contributed by atoms with Gasteiger partial charge in [0.05, 0.1) is 0 Å². The van der Waals surface area contributed by atoms with Gasteiger partial charge in [0.15, 0.2) is 11.5 Å². The number of carbonyl (C=O) groups is 1. The van der Waals surface area contributed by atoms with Gasteiger partial charge in [-0.2, -0.15) is 10.1 Å². The molecule has 7 heteroatoms. The van der Waals surface area contributed by atoms with Crippen LogP contribution in [0.5, 0.6) is 11.5 Å². The highest BCUT2D eigenvalue weighted by Crippen LogP contribution is 2.34. The predicted octanol–water partition coefficient (Wildman–Crippen LogP) is 1.24. The molecule has 1 aromatic heterocycles. The Balaban J connectivity index is 1.62. The van der Waals surface area contributed by atoms with E-state index in [-0.39, 0.29) is 12.0 Å². The lowest BCUT2D eigenvalue weighted by atomic mass is 10.1. The first kappa shape index (κ1) is 13.1. The molecule has 0 unspecified atom stereocenters. The Labute approximate surface area is 127 Å². The highest BCUT2D eigenvalue weighted by Gasteiger charge is 2.39. The Morgan fingerprint density at radius 3 is 2.82 bits per heavy atom. The van der Waals surface area contributed by atoms with Crippen molar-refractivity contribution < 1.29 is 14.3 Å². The molecule has 7 nitrogen and oxygen atoms in total. The third-order valence-corrected chi connectivity index (χ3v) is 3.94. The van der Waals surface area contributed by atoms with Crippen molar-refractivity contribution in [3.63, 3.8) is 0 Å². The number of anilines is 1. The second kappa shape index (κ2) is 5.01. The molecule has 2 atom stereocenters. The van der Waals surface area contributed by atoms with Crippen LogP contribution in [-0.4, -0.2) is 39.4 Å². The van der Waals surface area contributed by atoms with Gasteiger partial charge in [0.2, 0.25) is 12.1 Å². The van der Waals surface area contributed by atoms with Crippen LogP contribution in [0.2, 0.25) is 0 Å². The molecule has 4 rings (SSSR count). The molecular formula is C15H16N4O3. The summed E-state index contributed by atoms with van der Waals surface area (Å²) < 4.78 is 13.4. The minimum atomic E-state index is -0.682. The van der Waals surface area contributed by atoms with Crippen molar-refractivity contribution in [3.8, 4) is 11.5 Å². The maximum Gasteiger partial charge on any atom is 0.274 e. The highest BCUT2D eigenvalue weighted by atomic mass is 16.6. The van der Waals surface area contributed by atoms with Crippen LogP contribution in [-0.2, 0) is 11.3 Å². The predicted molar refractivity (Wildman–Crippen MR) is 77.9 cm³/mol. The number of hydrogen-bond donors (Lipinski definition) is 0. The zero-order valence-corrected chi connectivity index (χ0v) is 12.2. The maximum atomic E-state index is 12.9. The van der Waals surface area contributed by atoms with Crippen molar-refractivity contribution in [2.75, 3.05) is 11.4 Å². The van der Waals surface area contributed by atoms with Gasteiger partial charge in [0.1, 0.15) is 12.4 Å². The minimum Gasteiger partial charge on any atom is -0.482 e. The summed E-state index contributed by atoms with van der Waals surface area (Å²) in [5.41, 5.74) is 0. The third-order valence-electron chi connectivity index (χ3n) is 3.94. The number of para-hydroxylation sites is 2. The first-order valence-electron chi connectivity index (χ1n) is 7.35. The second-order valence-corrected chi connectivity index (χ2v) is 5.43. The van der Waals surface area contributed by atoms with E-state index in [9.17, 15) is 4.79 Å². The molecule has 0 fully saturated rings. The van der Waals surface area contributed by atoms with Gasteiger partial charge in [-0.1, -0.05) is 12.1 Å². The van der Waals surface area contributed by atoms with Crippen molar-refractivity contribution in [1.29, 1.82) is 0 Å². The van der Waals surface area contributed by atoms with Gasteiger partial charge in [-0.3, -0.25) is 9.69 Å². The normalized spacial score (nSPS) is 23.0. The van der Waals surface area contributed by atoms with Gasteiger partial charge in [-0.15, -0.1) is 0 Å². The Morgan fingerprint density at radius 2 is 2.00 bits per heavy atom. The number of hydrogen-bond acceptors (Lipinski definition) is 5. The molecule has 2 aliphatic rings. The van der Waals surface area contributed by atoms with E-state index in [2.05, 4.69) is 10.1 Å². The Kier molecular flexibility index (Phi) is 2.99. The number of fused-ring (bicyclic) bond motifs is 2. The summed E-state index contributed by atoms with van der Waals surface area (Å²) in [5.74, 6) is 1.69. The van der Waals surface area contributed by atoms with Crippen LogP contribution in [0.25, 0.3) is 0 Å². The zero-order chi connectivity index (χ0) is 15.1. The molecule has 0 radical (unpaired) electrons. The topological polar surface area (TPSA) is 69.5 Å². The Hall–Kier alpha value is -2.57. The molecule has 2 aromatic rings. The van der Waals surface area contributed by atoms with Gasteiger partial charge < -0.3 is 9.47 Å². The van der Waals surface area contributed by atoms with Crippen molar-refractivity contribution >= 4 is 11.9 Å². The molecule has 0 aliphatic carbocycles. The number of aromatic nitrogens is 3. The fourth-order valence-corrected chi connectivity index (χ4v) is 2.86. The van der Waals surface area contributed by atoms with E-state index in [1.54, 1.807) is 15.6 Å². The van der Waals surface area contributed by atoms with E-state index >= 15 is 0 Å². The molecule has 0 saturated carbocycles. The quantitative estimate of drug-likeness (QED) is 0.792. The first-order chi connectivity index (χ1) is 10.7. The number of rotatable bonds is 1. The van der Waals surface area contributed by atoms with Gasteiger partial charge in [0.25, 0.3) is 5.91 Å². The van der Waals surface area contributed by atoms with E-state index in [0.717, 1.165) is 13.0 Å². The lowest BCUT2D eigenvalue weighted by Crippen LogP contribution is -2.52. The van der Waals surface area contributed by atoms with Gasteiger partial charge in [-0.25, -0.2) is 4.68 Å². The number of amides is 1. The van der Waals surface area contributed by atoms with Crippen LogP contribution in [0.4, 0.5) is 5.95 Å². The van der Waals surface area contributed by atoms with E-state index < -0.39 is 6.10 Å². The molecule has 0 bridgehead atoms. The number of benzene rings is 1. The first-order valence-corrected chi connectivity index (χ1v) is 7.35. The van der Waals surface area contributed by atoms with Crippen LogP contribution in [0, 0.1) is 0 Å². The largest absolute Gasteiger partial charge is 0.482 e. The van der Waals surface area contributed by atoms with Crippen LogP contribution < -0.4 is 14.4 Å². The Bertz CT molecular complexity index is 714. The molecule has 0 saturated heterocycles. The van der Waals surface area contributed by atoms with E-state index in [0.29, 0.717) is 24.0 Å². The van der Waals surface area contributed by atoms with Gasteiger partial charge >= 0.3 is 0 Å². The number of carbonyl (C=O) groups excluding carboxylic acids is 1. The van der Waals surface area contributed by atoms with Gasteiger partial charge in [0, 0.05) is 13.1 Å². The summed E-state index contributed by atoms with van der Waals surface area (Å²) in [6, 6.07) is 7.38. The van der Waals surface area contributed by atoms with Crippen LogP contribution in [0.3, 0.4) is 0 Å². The summed E-state index contributed by atoms with van der Waals surface area (Å²) in [5, 5.41) is 4.13. The lowest BCUT2D eigenvalue weighted by molar-refractivity contribution is -0.130. The van der Waals surface area contributed by atoms with E-state index in [1.807, 2.05) is 25.1 Å². The van der Waals surface area contributed by atoms with Crippen molar-refractivity contribution in [3.05, 3.63) is 30.6 Å². The summed E-state index contributed by atoms with van der Waals surface area (Å²) in [7, 11) is 0. The smallest absolute Gasteiger partial charge is 0.274 e. The number of aryl methyl sites for hydroxylation is 1. The molecule has 114 valence electrons. The van der Waals surface area contributed by atoms with E-state index in [1.165, 1.54) is 6.33 Å². The second-order valence-electron chi connectivity index (χ2n) is 5.43. The molecular weight excluding hydrogens is 284 g/mol.